The standard InChI is InChI=1S/C11H10O4/c1-7(12)14-10-6-8-4-2-3-5-9(8)11(13)15-10/h2-5,10H,6H2,1H3. The van der Waals surface area contributed by atoms with Crippen molar-refractivity contribution in [3.63, 3.8) is 0 Å². The summed E-state index contributed by atoms with van der Waals surface area (Å²) in [5.41, 5.74) is 1.39. The van der Waals surface area contributed by atoms with Crippen LogP contribution in [0.1, 0.15) is 22.8 Å². The zero-order chi connectivity index (χ0) is 10.8. The molecule has 0 aliphatic carbocycles. The van der Waals surface area contributed by atoms with Crippen LogP contribution in [0.4, 0.5) is 0 Å². The van der Waals surface area contributed by atoms with Gasteiger partial charge in [-0.15, -0.1) is 0 Å². The molecule has 4 nitrogen and oxygen atoms in total. The number of hydrogen-bond donors (Lipinski definition) is 0. The average Bonchev–Trinajstić information content (AvgIpc) is 2.16. The van der Waals surface area contributed by atoms with E-state index in [9.17, 15) is 9.59 Å². The van der Waals surface area contributed by atoms with E-state index in [1.807, 2.05) is 12.1 Å². The molecule has 0 amide bonds. The minimum atomic E-state index is -0.787. The molecule has 78 valence electrons. The molecular formula is C11H10O4. The fraction of sp³-hybridized carbons (Fsp3) is 0.273. The van der Waals surface area contributed by atoms with Crippen molar-refractivity contribution in [2.75, 3.05) is 0 Å². The summed E-state index contributed by atoms with van der Waals surface area (Å²) in [6, 6.07) is 7.13. The largest absolute Gasteiger partial charge is 0.425 e. The molecule has 1 aromatic rings. The number of esters is 2. The second-order valence-corrected chi connectivity index (χ2v) is 3.31. The molecule has 1 atom stereocenters. The van der Waals surface area contributed by atoms with Gasteiger partial charge in [0, 0.05) is 13.3 Å². The summed E-state index contributed by atoms with van der Waals surface area (Å²) in [6.45, 7) is 1.29. The van der Waals surface area contributed by atoms with Crippen molar-refractivity contribution >= 4 is 11.9 Å². The quantitative estimate of drug-likeness (QED) is 0.649. The summed E-state index contributed by atoms with van der Waals surface area (Å²) in [6.07, 6.45) is -0.369. The van der Waals surface area contributed by atoms with E-state index in [1.165, 1.54) is 6.92 Å². The Hall–Kier alpha value is -1.84. The van der Waals surface area contributed by atoms with E-state index in [1.54, 1.807) is 12.1 Å². The third-order valence-electron chi connectivity index (χ3n) is 2.16. The number of hydrogen-bond acceptors (Lipinski definition) is 4. The number of benzene rings is 1. The minimum absolute atomic E-state index is 0.418. The van der Waals surface area contributed by atoms with Crippen molar-refractivity contribution in [1.82, 2.24) is 0 Å². The van der Waals surface area contributed by atoms with Crippen molar-refractivity contribution in [2.24, 2.45) is 0 Å². The normalized spacial score (nSPS) is 19.0. The van der Waals surface area contributed by atoms with E-state index in [2.05, 4.69) is 0 Å². The summed E-state index contributed by atoms with van der Waals surface area (Å²) in [5.74, 6) is -0.893. The van der Waals surface area contributed by atoms with Crippen molar-refractivity contribution < 1.29 is 19.1 Å². The molecule has 4 heteroatoms. The van der Waals surface area contributed by atoms with Crippen molar-refractivity contribution in [1.29, 1.82) is 0 Å². The Morgan fingerprint density at radius 3 is 2.93 bits per heavy atom. The third kappa shape index (κ3) is 1.98. The highest BCUT2D eigenvalue weighted by atomic mass is 16.7. The van der Waals surface area contributed by atoms with Gasteiger partial charge in [-0.25, -0.2) is 4.79 Å². The molecule has 0 spiro atoms. The zero-order valence-corrected chi connectivity index (χ0v) is 8.23. The highest BCUT2D eigenvalue weighted by molar-refractivity contribution is 5.92. The third-order valence-corrected chi connectivity index (χ3v) is 2.16. The highest BCUT2D eigenvalue weighted by Gasteiger charge is 2.27. The minimum Gasteiger partial charge on any atom is -0.425 e. The van der Waals surface area contributed by atoms with Gasteiger partial charge in [0.25, 0.3) is 6.29 Å². The van der Waals surface area contributed by atoms with Crippen LogP contribution in [0.3, 0.4) is 0 Å². The second kappa shape index (κ2) is 3.73. The topological polar surface area (TPSA) is 52.6 Å². The lowest BCUT2D eigenvalue weighted by atomic mass is 10.0. The number of carbonyl (C=O) groups excluding carboxylic acids is 2. The summed E-state index contributed by atoms with van der Waals surface area (Å²) in [5, 5.41) is 0. The van der Waals surface area contributed by atoms with Gasteiger partial charge in [0.1, 0.15) is 0 Å². The van der Waals surface area contributed by atoms with Gasteiger partial charge in [-0.05, 0) is 11.6 Å². The molecule has 1 heterocycles. The highest BCUT2D eigenvalue weighted by Crippen LogP contribution is 2.20. The molecule has 1 aliphatic rings. The zero-order valence-electron chi connectivity index (χ0n) is 8.23. The lowest BCUT2D eigenvalue weighted by Crippen LogP contribution is -2.31. The van der Waals surface area contributed by atoms with Crippen LogP contribution in [0.25, 0.3) is 0 Å². The first kappa shape index (κ1) is 9.71. The van der Waals surface area contributed by atoms with Gasteiger partial charge < -0.3 is 9.47 Å². The van der Waals surface area contributed by atoms with Crippen LogP contribution in [-0.4, -0.2) is 18.2 Å². The Bertz CT molecular complexity index is 411. The van der Waals surface area contributed by atoms with Gasteiger partial charge in [-0.3, -0.25) is 4.79 Å². The Kier molecular flexibility index (Phi) is 2.41. The Morgan fingerprint density at radius 1 is 1.47 bits per heavy atom. The second-order valence-electron chi connectivity index (χ2n) is 3.31. The van der Waals surface area contributed by atoms with Crippen LogP contribution >= 0.6 is 0 Å². The van der Waals surface area contributed by atoms with Crippen LogP contribution in [0.5, 0.6) is 0 Å². The summed E-state index contributed by atoms with van der Waals surface area (Å²) < 4.78 is 9.78. The van der Waals surface area contributed by atoms with Crippen LogP contribution in [0.15, 0.2) is 24.3 Å². The number of fused-ring (bicyclic) bond motifs is 1. The molecule has 1 unspecified atom stereocenters. The molecule has 0 fully saturated rings. The number of rotatable bonds is 1. The first-order valence-electron chi connectivity index (χ1n) is 4.63. The van der Waals surface area contributed by atoms with E-state index >= 15 is 0 Å². The number of ether oxygens (including phenoxy) is 2. The predicted molar refractivity (Wildman–Crippen MR) is 51.1 cm³/mol. The molecule has 0 aromatic heterocycles. The fourth-order valence-electron chi connectivity index (χ4n) is 1.55. The molecule has 0 radical (unpaired) electrons. The van der Waals surface area contributed by atoms with E-state index in [4.69, 9.17) is 9.47 Å². The number of carbonyl (C=O) groups is 2. The predicted octanol–water partition coefficient (Wildman–Crippen LogP) is 1.29. The summed E-state index contributed by atoms with van der Waals surface area (Å²) in [4.78, 5) is 22.2. The monoisotopic (exact) mass is 206 g/mol. The molecule has 15 heavy (non-hydrogen) atoms. The van der Waals surface area contributed by atoms with Crippen LogP contribution in [-0.2, 0) is 20.7 Å². The van der Waals surface area contributed by atoms with Crippen LogP contribution in [0, 0.1) is 0 Å². The fourth-order valence-corrected chi connectivity index (χ4v) is 1.55. The summed E-state index contributed by atoms with van der Waals surface area (Å²) in [7, 11) is 0. The molecule has 2 rings (SSSR count). The van der Waals surface area contributed by atoms with Crippen molar-refractivity contribution in [3.8, 4) is 0 Å². The molecule has 0 N–H and O–H groups in total. The molecule has 1 aliphatic heterocycles. The average molecular weight is 206 g/mol. The molecule has 1 aromatic carbocycles. The maximum Gasteiger partial charge on any atom is 0.341 e. The van der Waals surface area contributed by atoms with Gasteiger partial charge in [-0.1, -0.05) is 18.2 Å². The Morgan fingerprint density at radius 2 is 2.20 bits per heavy atom. The van der Waals surface area contributed by atoms with E-state index in [-0.39, 0.29) is 0 Å². The van der Waals surface area contributed by atoms with E-state index in [0.717, 1.165) is 5.56 Å². The van der Waals surface area contributed by atoms with Gasteiger partial charge in [0.15, 0.2) is 0 Å². The van der Waals surface area contributed by atoms with Crippen molar-refractivity contribution in [3.05, 3.63) is 35.4 Å². The van der Waals surface area contributed by atoms with Gasteiger partial charge in [-0.2, -0.15) is 0 Å². The van der Waals surface area contributed by atoms with Gasteiger partial charge >= 0.3 is 11.9 Å². The Balaban J connectivity index is 2.23. The molecular weight excluding hydrogens is 196 g/mol. The van der Waals surface area contributed by atoms with Crippen LogP contribution in [0.2, 0.25) is 0 Å². The van der Waals surface area contributed by atoms with Crippen LogP contribution < -0.4 is 0 Å². The smallest absolute Gasteiger partial charge is 0.341 e. The maximum atomic E-state index is 11.5. The number of cyclic esters (lactones) is 1. The molecule has 0 saturated carbocycles. The van der Waals surface area contributed by atoms with Gasteiger partial charge in [0.05, 0.1) is 5.56 Å². The van der Waals surface area contributed by atoms with E-state index < -0.39 is 18.2 Å². The van der Waals surface area contributed by atoms with Crippen molar-refractivity contribution in [2.45, 2.75) is 19.6 Å². The SMILES string of the molecule is CC(=O)OC1Cc2ccccc2C(=O)O1. The van der Waals surface area contributed by atoms with Gasteiger partial charge in [0.2, 0.25) is 0 Å². The first-order valence-corrected chi connectivity index (χ1v) is 4.63. The maximum absolute atomic E-state index is 11.5. The summed E-state index contributed by atoms with van der Waals surface area (Å²) >= 11 is 0. The molecule has 0 bridgehead atoms. The lowest BCUT2D eigenvalue weighted by Gasteiger charge is -2.23. The first-order chi connectivity index (χ1) is 7.16. The molecule has 0 saturated heterocycles. The lowest BCUT2D eigenvalue weighted by molar-refractivity contribution is -0.166. The Labute approximate surface area is 86.8 Å². The van der Waals surface area contributed by atoms with E-state index in [0.29, 0.717) is 12.0 Å².